The third-order valence-corrected chi connectivity index (χ3v) is 8.74. The molecule has 0 aromatic heterocycles. The van der Waals surface area contributed by atoms with Crippen molar-refractivity contribution in [2.45, 2.75) is 6.42 Å². The van der Waals surface area contributed by atoms with Gasteiger partial charge in [0.05, 0.1) is 12.8 Å². The van der Waals surface area contributed by atoms with Crippen LogP contribution in [0, 0.1) is 10.4 Å². The third-order valence-electron chi connectivity index (χ3n) is 7.17. The molecule has 0 heterocycles. The smallest absolute Gasteiger partial charge is 0.383 e. The molecule has 1 aliphatic rings. The van der Waals surface area contributed by atoms with E-state index in [1.54, 1.807) is 7.11 Å². The summed E-state index contributed by atoms with van der Waals surface area (Å²) in [4.78, 5) is 0. The van der Waals surface area contributed by atoms with Gasteiger partial charge in [-0.05, 0) is 68.4 Å². The highest BCUT2D eigenvalue weighted by molar-refractivity contribution is 7.54. The maximum Gasteiger partial charge on any atom is 0.383 e. The largest absolute Gasteiger partial charge is 0.496 e. The standard InChI is InChI=1S/C35H29NO2P/c1-38-34-17-9-6-12-27(34)23-28-13-7-10-18-35(28)39(37)24-33(36-30-14-3-2-4-15-30)26-19-20-32-29(22-26)21-25-11-5-8-16-31(25)32/h2-22,36H,23-24H2,1H3/q+1. The van der Waals surface area contributed by atoms with Crippen molar-refractivity contribution in [3.8, 4) is 5.75 Å². The number of ether oxygens (including phenoxy) is 1. The van der Waals surface area contributed by atoms with Crippen molar-refractivity contribution in [1.82, 2.24) is 0 Å². The highest BCUT2D eigenvalue weighted by atomic mass is 31.1. The molecule has 0 aliphatic heterocycles. The first-order chi connectivity index (χ1) is 19.2. The van der Waals surface area contributed by atoms with Gasteiger partial charge in [-0.15, -0.1) is 0 Å². The molecule has 3 nitrogen and oxygen atoms in total. The summed E-state index contributed by atoms with van der Waals surface area (Å²) >= 11 is 0. The van der Waals surface area contributed by atoms with Gasteiger partial charge in [-0.1, -0.05) is 95.6 Å². The molecule has 6 rings (SSSR count). The fourth-order valence-electron chi connectivity index (χ4n) is 5.24. The molecule has 1 unspecified atom stereocenters. The molecular weight excluding hydrogens is 497 g/mol. The average Bonchev–Trinajstić information content (AvgIpc) is 3.36. The van der Waals surface area contributed by atoms with Gasteiger partial charge in [0.15, 0.2) is 11.5 Å². The lowest BCUT2D eigenvalue weighted by atomic mass is 10.0. The zero-order valence-corrected chi connectivity index (χ0v) is 22.7. The number of hydrogen-bond acceptors (Lipinski definition) is 3. The third kappa shape index (κ3) is 5.27. The van der Waals surface area contributed by atoms with Crippen molar-refractivity contribution < 1.29 is 9.30 Å². The number of rotatable bonds is 8. The quantitative estimate of drug-likeness (QED) is 0.244. The van der Waals surface area contributed by atoms with Gasteiger partial charge < -0.3 is 10.1 Å². The van der Waals surface area contributed by atoms with Crippen LogP contribution in [0.4, 0.5) is 5.69 Å². The van der Waals surface area contributed by atoms with Gasteiger partial charge >= 0.3 is 7.80 Å². The Morgan fingerprint density at radius 3 is 2.31 bits per heavy atom. The molecule has 1 atom stereocenters. The van der Waals surface area contributed by atoms with Crippen molar-refractivity contribution >= 4 is 30.6 Å². The van der Waals surface area contributed by atoms with Crippen LogP contribution < -0.4 is 25.8 Å². The Hall–Kier alpha value is -4.46. The van der Waals surface area contributed by atoms with E-state index >= 15 is 0 Å². The molecule has 1 aliphatic carbocycles. The Labute approximate surface area is 229 Å². The summed E-state index contributed by atoms with van der Waals surface area (Å²) in [5.41, 5.74) is 5.25. The van der Waals surface area contributed by atoms with Gasteiger partial charge in [0.25, 0.3) is 0 Å². The Morgan fingerprint density at radius 1 is 0.744 bits per heavy atom. The van der Waals surface area contributed by atoms with Gasteiger partial charge in [0, 0.05) is 17.7 Å². The molecule has 0 fully saturated rings. The molecule has 0 radical (unpaired) electrons. The van der Waals surface area contributed by atoms with Crippen molar-refractivity contribution in [3.05, 3.63) is 159 Å². The highest BCUT2D eigenvalue weighted by Gasteiger charge is 2.26. The maximum atomic E-state index is 14.0. The molecule has 0 spiro atoms. The molecule has 5 aromatic carbocycles. The van der Waals surface area contributed by atoms with E-state index in [1.807, 2.05) is 66.7 Å². The van der Waals surface area contributed by atoms with Gasteiger partial charge in [-0.25, -0.2) is 0 Å². The second kappa shape index (κ2) is 11.1. The minimum atomic E-state index is -1.72. The van der Waals surface area contributed by atoms with Crippen LogP contribution in [0.25, 0.3) is 11.8 Å². The molecule has 0 amide bonds. The topological polar surface area (TPSA) is 38.3 Å². The number of benzene rings is 5. The zero-order valence-electron chi connectivity index (χ0n) is 21.8. The van der Waals surface area contributed by atoms with Crippen LogP contribution in [0.5, 0.6) is 5.75 Å². The molecule has 0 saturated carbocycles. The lowest BCUT2D eigenvalue weighted by Gasteiger charge is -2.10. The number of hydrogen-bond donors (Lipinski definition) is 1. The second-order valence-corrected chi connectivity index (χ2v) is 11.2. The van der Waals surface area contributed by atoms with Crippen LogP contribution in [-0.4, -0.2) is 13.3 Å². The van der Waals surface area contributed by atoms with Gasteiger partial charge in [-0.2, -0.15) is 0 Å². The van der Waals surface area contributed by atoms with Crippen LogP contribution in [0.1, 0.15) is 16.7 Å². The Morgan fingerprint density at radius 2 is 1.46 bits per heavy atom. The van der Waals surface area contributed by atoms with E-state index in [9.17, 15) is 4.57 Å². The van der Waals surface area contributed by atoms with Gasteiger partial charge in [0.2, 0.25) is 0 Å². The van der Waals surface area contributed by atoms with Crippen molar-refractivity contribution in [2.75, 3.05) is 18.6 Å². The van der Waals surface area contributed by atoms with E-state index in [-0.39, 0.29) is 0 Å². The molecule has 0 bridgehead atoms. The summed E-state index contributed by atoms with van der Waals surface area (Å²) in [6.45, 7) is 0. The SMILES string of the molecule is COc1ccccc1Cc1ccccc1[P+](=O)CC(Nc1ccccc1)=c1ccc2c(c1)C=c1ccccc1=2. The van der Waals surface area contributed by atoms with Crippen molar-refractivity contribution in [1.29, 1.82) is 0 Å². The van der Waals surface area contributed by atoms with E-state index in [1.165, 1.54) is 21.2 Å². The molecule has 0 saturated heterocycles. The molecular formula is C35H29NO2P+. The van der Waals surface area contributed by atoms with Crippen LogP contribution in [0.2, 0.25) is 0 Å². The van der Waals surface area contributed by atoms with E-state index < -0.39 is 7.80 Å². The number of methoxy groups -OCH3 is 1. The van der Waals surface area contributed by atoms with Crippen LogP contribution in [0.15, 0.2) is 121 Å². The van der Waals surface area contributed by atoms with Crippen LogP contribution >= 0.6 is 7.80 Å². The Balaban J connectivity index is 1.40. The predicted octanol–water partition coefficient (Wildman–Crippen LogP) is 6.09. The number of fused-ring (bicyclic) bond motifs is 2. The first kappa shape index (κ1) is 24.9. The Bertz CT molecular complexity index is 1900. The summed E-state index contributed by atoms with van der Waals surface area (Å²) in [7, 11) is -0.0301. The number of para-hydroxylation sites is 2. The molecule has 4 heteroatoms. The summed E-state index contributed by atoms with van der Waals surface area (Å²) in [6, 6.07) is 41.2. The summed E-state index contributed by atoms with van der Waals surface area (Å²) < 4.78 is 19.6. The fourth-order valence-corrected chi connectivity index (χ4v) is 6.68. The molecule has 5 aromatic rings. The minimum Gasteiger partial charge on any atom is -0.496 e. The number of anilines is 1. The minimum absolute atomic E-state index is 0.402. The fraction of sp³-hybridized carbons (Fsp3) is 0.0857. The lowest BCUT2D eigenvalue weighted by molar-refractivity contribution is 0.410. The summed E-state index contributed by atoms with van der Waals surface area (Å²) in [5.74, 6) is 0.843. The molecule has 1 N–H and O–H groups in total. The average molecular weight is 527 g/mol. The summed E-state index contributed by atoms with van der Waals surface area (Å²) in [6.07, 6.45) is 3.30. The number of nitrogens with one attached hydrogen (secondary N) is 1. The zero-order chi connectivity index (χ0) is 26.6. The highest BCUT2D eigenvalue weighted by Crippen LogP contribution is 2.29. The first-order valence-electron chi connectivity index (χ1n) is 13.1. The van der Waals surface area contributed by atoms with Crippen LogP contribution in [0.3, 0.4) is 0 Å². The van der Waals surface area contributed by atoms with Crippen molar-refractivity contribution in [2.24, 2.45) is 0 Å². The van der Waals surface area contributed by atoms with Gasteiger partial charge in [-0.3, -0.25) is 0 Å². The lowest BCUT2D eigenvalue weighted by Crippen LogP contribution is -2.17. The monoisotopic (exact) mass is 526 g/mol. The van der Waals surface area contributed by atoms with E-state index in [4.69, 9.17) is 4.74 Å². The predicted molar refractivity (Wildman–Crippen MR) is 161 cm³/mol. The summed E-state index contributed by atoms with van der Waals surface area (Å²) in [5, 5.41) is 9.25. The van der Waals surface area contributed by atoms with E-state index in [0.717, 1.165) is 38.8 Å². The second-order valence-electron chi connectivity index (χ2n) is 9.66. The maximum absolute atomic E-state index is 14.0. The van der Waals surface area contributed by atoms with E-state index in [0.29, 0.717) is 12.6 Å². The Kier molecular flexibility index (Phi) is 7.08. The van der Waals surface area contributed by atoms with E-state index in [2.05, 4.69) is 66.0 Å². The van der Waals surface area contributed by atoms with Gasteiger partial charge in [0.1, 0.15) is 5.75 Å². The first-order valence-corrected chi connectivity index (χ1v) is 14.5. The molecule has 39 heavy (non-hydrogen) atoms. The molecule has 190 valence electrons. The van der Waals surface area contributed by atoms with Crippen molar-refractivity contribution in [3.63, 3.8) is 0 Å². The van der Waals surface area contributed by atoms with Crippen LogP contribution in [-0.2, 0) is 11.0 Å². The normalized spacial score (nSPS) is 12.6.